The lowest BCUT2D eigenvalue weighted by molar-refractivity contribution is 0.391. The molecule has 0 amide bonds. The van der Waals surface area contributed by atoms with E-state index < -0.39 is 11.2 Å². The summed E-state index contributed by atoms with van der Waals surface area (Å²) in [5.74, 6) is -0.617. The van der Waals surface area contributed by atoms with Gasteiger partial charge in [-0.1, -0.05) is 0 Å². The fourth-order valence-corrected chi connectivity index (χ4v) is 1.08. The van der Waals surface area contributed by atoms with Crippen LogP contribution in [0.1, 0.15) is 0 Å². The number of methoxy groups -OCH3 is 1. The third-order valence-corrected chi connectivity index (χ3v) is 1.87. The molecule has 0 saturated carbocycles. The smallest absolute Gasteiger partial charge is 0.235 e. The fourth-order valence-electron chi connectivity index (χ4n) is 0.614. The summed E-state index contributed by atoms with van der Waals surface area (Å²) in [7, 11) is 1.38. The maximum atomic E-state index is 12.5. The number of rotatable bonds is 1. The van der Waals surface area contributed by atoms with Crippen LogP contribution in [0.25, 0.3) is 0 Å². The van der Waals surface area contributed by atoms with Crippen molar-refractivity contribution < 1.29 is 9.13 Å². The molecular weight excluding hydrogens is 217 g/mol. The largest absolute Gasteiger partial charge is 0.481 e. The van der Waals surface area contributed by atoms with Crippen LogP contribution in [0.4, 0.5) is 4.39 Å². The summed E-state index contributed by atoms with van der Waals surface area (Å²) >= 11 is 2.88. The van der Waals surface area contributed by atoms with E-state index in [1.54, 1.807) is 0 Å². The Balaban J connectivity index is 3.37. The number of nitrogens with one attached hydrogen (secondary N) is 1. The van der Waals surface area contributed by atoms with E-state index in [-0.39, 0.29) is 10.4 Å². The number of aromatic nitrogens is 1. The molecule has 0 unspecified atom stereocenters. The lowest BCUT2D eigenvalue weighted by Crippen LogP contribution is -2.09. The van der Waals surface area contributed by atoms with E-state index in [9.17, 15) is 9.18 Å². The molecule has 0 aliphatic rings. The molecule has 0 aliphatic heterocycles. The SMILES string of the molecule is COc1[nH]cc(F)c(=O)c1Br. The van der Waals surface area contributed by atoms with Crippen LogP contribution in [0, 0.1) is 5.82 Å². The summed E-state index contributed by atoms with van der Waals surface area (Å²) in [4.78, 5) is 13.3. The van der Waals surface area contributed by atoms with Crippen molar-refractivity contribution in [3.8, 4) is 5.88 Å². The van der Waals surface area contributed by atoms with Gasteiger partial charge in [0, 0.05) is 6.20 Å². The molecule has 0 bridgehead atoms. The Hall–Kier alpha value is -0.840. The number of aromatic amines is 1. The van der Waals surface area contributed by atoms with E-state index in [2.05, 4.69) is 20.9 Å². The molecule has 1 aromatic heterocycles. The summed E-state index contributed by atoms with van der Waals surface area (Å²) in [5, 5.41) is 0. The Morgan fingerprint density at radius 1 is 1.73 bits per heavy atom. The van der Waals surface area contributed by atoms with Crippen molar-refractivity contribution in [2.45, 2.75) is 0 Å². The molecule has 1 heterocycles. The van der Waals surface area contributed by atoms with Crippen molar-refractivity contribution in [1.29, 1.82) is 0 Å². The summed E-state index contributed by atoms with van der Waals surface area (Å²) in [5.41, 5.74) is -0.708. The van der Waals surface area contributed by atoms with E-state index in [0.29, 0.717) is 0 Å². The van der Waals surface area contributed by atoms with Gasteiger partial charge >= 0.3 is 0 Å². The molecule has 3 nitrogen and oxygen atoms in total. The first kappa shape index (κ1) is 8.26. The van der Waals surface area contributed by atoms with E-state index in [1.165, 1.54) is 7.11 Å². The second kappa shape index (κ2) is 3.04. The van der Waals surface area contributed by atoms with Crippen molar-refractivity contribution in [2.24, 2.45) is 0 Å². The van der Waals surface area contributed by atoms with Crippen molar-refractivity contribution in [3.63, 3.8) is 0 Å². The van der Waals surface area contributed by atoms with E-state index in [4.69, 9.17) is 4.74 Å². The van der Waals surface area contributed by atoms with Crippen molar-refractivity contribution in [3.05, 3.63) is 26.7 Å². The predicted molar refractivity (Wildman–Crippen MR) is 41.3 cm³/mol. The maximum absolute atomic E-state index is 12.5. The second-order valence-electron chi connectivity index (χ2n) is 1.81. The molecule has 0 aliphatic carbocycles. The van der Waals surface area contributed by atoms with Gasteiger partial charge in [-0.3, -0.25) is 4.79 Å². The Morgan fingerprint density at radius 3 is 2.91 bits per heavy atom. The number of H-pyrrole nitrogens is 1. The standard InChI is InChI=1S/C6H5BrFNO2/c1-11-6-4(7)5(10)3(8)2-9-6/h2H,1H3,(H,9,10). The third-order valence-electron chi connectivity index (χ3n) is 1.15. The van der Waals surface area contributed by atoms with Crippen LogP contribution in [-0.2, 0) is 0 Å². The Bertz CT molecular complexity index is 323. The summed E-state index contributed by atoms with van der Waals surface area (Å²) < 4.78 is 17.2. The normalized spacial score (nSPS) is 9.73. The van der Waals surface area contributed by atoms with Gasteiger partial charge in [0.2, 0.25) is 11.3 Å². The number of halogens is 2. The van der Waals surface area contributed by atoms with Crippen molar-refractivity contribution in [1.82, 2.24) is 4.98 Å². The number of ether oxygens (including phenoxy) is 1. The third kappa shape index (κ3) is 1.42. The molecule has 60 valence electrons. The molecule has 5 heteroatoms. The van der Waals surface area contributed by atoms with Crippen LogP contribution in [0.5, 0.6) is 5.88 Å². The highest BCUT2D eigenvalue weighted by Gasteiger charge is 2.07. The lowest BCUT2D eigenvalue weighted by atomic mass is 10.4. The minimum atomic E-state index is -0.835. The summed E-state index contributed by atoms with van der Waals surface area (Å²) in [6, 6.07) is 0. The van der Waals surface area contributed by atoms with Gasteiger partial charge in [-0.15, -0.1) is 0 Å². The molecular formula is C6H5BrFNO2. The Morgan fingerprint density at radius 2 is 2.36 bits per heavy atom. The molecule has 0 atom stereocenters. The van der Waals surface area contributed by atoms with Gasteiger partial charge in [-0.25, -0.2) is 4.39 Å². The summed E-state index contributed by atoms with van der Waals surface area (Å²) in [6.07, 6.45) is 0.950. The van der Waals surface area contributed by atoms with E-state index in [0.717, 1.165) is 6.20 Å². The predicted octanol–water partition coefficient (Wildman–Crippen LogP) is 1.29. The first-order valence-corrected chi connectivity index (χ1v) is 3.56. The van der Waals surface area contributed by atoms with Gasteiger partial charge in [0.1, 0.15) is 4.47 Å². The average Bonchev–Trinajstić information content (AvgIpc) is 2.01. The van der Waals surface area contributed by atoms with Gasteiger partial charge in [0.05, 0.1) is 7.11 Å². The molecule has 0 radical (unpaired) electrons. The first-order valence-electron chi connectivity index (χ1n) is 2.77. The highest BCUT2D eigenvalue weighted by molar-refractivity contribution is 9.10. The molecule has 11 heavy (non-hydrogen) atoms. The molecule has 0 saturated heterocycles. The zero-order valence-electron chi connectivity index (χ0n) is 5.65. The number of hydrogen-bond acceptors (Lipinski definition) is 2. The van der Waals surface area contributed by atoms with E-state index in [1.807, 2.05) is 0 Å². The minimum absolute atomic E-state index is 0.0694. The van der Waals surface area contributed by atoms with Crippen molar-refractivity contribution >= 4 is 15.9 Å². The van der Waals surface area contributed by atoms with Gasteiger partial charge in [-0.2, -0.15) is 0 Å². The topological polar surface area (TPSA) is 42.1 Å². The molecule has 0 aromatic carbocycles. The van der Waals surface area contributed by atoms with Gasteiger partial charge in [-0.05, 0) is 15.9 Å². The van der Waals surface area contributed by atoms with Crippen LogP contribution in [-0.4, -0.2) is 12.1 Å². The van der Waals surface area contributed by atoms with Crippen LogP contribution >= 0.6 is 15.9 Å². The molecule has 1 aromatic rings. The van der Waals surface area contributed by atoms with Crippen LogP contribution in [0.2, 0.25) is 0 Å². The molecule has 1 N–H and O–H groups in total. The van der Waals surface area contributed by atoms with Gasteiger partial charge in [0.25, 0.3) is 0 Å². The fraction of sp³-hybridized carbons (Fsp3) is 0.167. The van der Waals surface area contributed by atoms with Gasteiger partial charge in [0.15, 0.2) is 5.82 Å². The molecule has 0 fully saturated rings. The first-order chi connectivity index (χ1) is 5.16. The maximum Gasteiger partial charge on any atom is 0.235 e. The Kier molecular flexibility index (Phi) is 2.28. The molecule has 0 spiro atoms. The van der Waals surface area contributed by atoms with Crippen LogP contribution in [0.3, 0.4) is 0 Å². The van der Waals surface area contributed by atoms with E-state index >= 15 is 0 Å². The summed E-state index contributed by atoms with van der Waals surface area (Å²) in [6.45, 7) is 0. The van der Waals surface area contributed by atoms with Gasteiger partial charge < -0.3 is 9.72 Å². The monoisotopic (exact) mass is 221 g/mol. The highest BCUT2D eigenvalue weighted by atomic mass is 79.9. The Labute approximate surface area is 70.3 Å². The second-order valence-corrected chi connectivity index (χ2v) is 2.61. The van der Waals surface area contributed by atoms with Crippen LogP contribution < -0.4 is 10.2 Å². The highest BCUT2D eigenvalue weighted by Crippen LogP contribution is 2.16. The minimum Gasteiger partial charge on any atom is -0.481 e. The molecule has 1 rings (SSSR count). The zero-order valence-corrected chi connectivity index (χ0v) is 7.24. The number of pyridine rings is 1. The zero-order chi connectivity index (χ0) is 8.43. The lowest BCUT2D eigenvalue weighted by Gasteiger charge is -2.00. The quantitative estimate of drug-likeness (QED) is 0.777. The number of hydrogen-bond donors (Lipinski definition) is 1. The average molecular weight is 222 g/mol. The van der Waals surface area contributed by atoms with Crippen molar-refractivity contribution in [2.75, 3.05) is 7.11 Å². The van der Waals surface area contributed by atoms with Crippen LogP contribution in [0.15, 0.2) is 15.5 Å².